The van der Waals surface area contributed by atoms with Crippen LogP contribution in [0.3, 0.4) is 0 Å². The molecule has 0 bridgehead atoms. The van der Waals surface area contributed by atoms with Crippen LogP contribution in [0.4, 0.5) is 0 Å². The Morgan fingerprint density at radius 2 is 2.09 bits per heavy atom. The Morgan fingerprint density at radius 3 is 2.82 bits per heavy atom. The van der Waals surface area contributed by atoms with Crippen molar-refractivity contribution in [2.75, 3.05) is 26.2 Å². The van der Waals surface area contributed by atoms with Crippen LogP contribution in [0.15, 0.2) is 30.5 Å². The summed E-state index contributed by atoms with van der Waals surface area (Å²) in [4.78, 5) is 2.40. The van der Waals surface area contributed by atoms with Gasteiger partial charge in [-0.25, -0.2) is 0 Å². The lowest BCUT2D eigenvalue weighted by Gasteiger charge is -2.33. The van der Waals surface area contributed by atoms with Gasteiger partial charge in [0.25, 0.3) is 0 Å². The number of nitrogens with zero attached hydrogens (tertiary/aromatic N) is 3. The summed E-state index contributed by atoms with van der Waals surface area (Å²) in [6, 6.07) is 7.74. The van der Waals surface area contributed by atoms with E-state index in [1.54, 1.807) is 0 Å². The molecule has 118 valence electrons. The molecule has 2 aromatic rings. The van der Waals surface area contributed by atoms with Crippen LogP contribution >= 0.6 is 23.2 Å². The van der Waals surface area contributed by atoms with Crippen molar-refractivity contribution in [3.05, 3.63) is 51.8 Å². The Morgan fingerprint density at radius 1 is 1.23 bits per heavy atom. The van der Waals surface area contributed by atoms with E-state index in [2.05, 4.69) is 16.9 Å². The Kier molecular flexibility index (Phi) is 5.03. The maximum atomic E-state index is 6.10. The van der Waals surface area contributed by atoms with Crippen molar-refractivity contribution in [2.45, 2.75) is 19.6 Å². The molecule has 0 amide bonds. The normalized spacial score (nSPS) is 19.5. The minimum absolute atomic E-state index is 0.0437. The minimum Gasteiger partial charge on any atom is -0.371 e. The molecule has 0 aliphatic carbocycles. The minimum atomic E-state index is 0.0437. The maximum Gasteiger partial charge on any atom is 0.0952 e. The second-order valence-corrected chi connectivity index (χ2v) is 6.34. The van der Waals surface area contributed by atoms with E-state index in [0.717, 1.165) is 38.3 Å². The number of morpholine rings is 1. The van der Waals surface area contributed by atoms with E-state index in [4.69, 9.17) is 27.9 Å². The maximum absolute atomic E-state index is 6.10. The lowest BCUT2D eigenvalue weighted by atomic mass is 10.1. The molecular weight excluding hydrogens is 321 g/mol. The van der Waals surface area contributed by atoms with E-state index >= 15 is 0 Å². The van der Waals surface area contributed by atoms with Crippen LogP contribution in [0, 0.1) is 6.92 Å². The molecule has 1 atom stereocenters. The molecule has 3 rings (SSSR count). The fourth-order valence-corrected chi connectivity index (χ4v) is 3.00. The molecule has 0 spiro atoms. The molecule has 1 unspecified atom stereocenters. The zero-order valence-corrected chi connectivity index (χ0v) is 14.0. The topological polar surface area (TPSA) is 30.3 Å². The Labute approximate surface area is 140 Å². The third kappa shape index (κ3) is 3.63. The summed E-state index contributed by atoms with van der Waals surface area (Å²) < 4.78 is 7.92. The quantitative estimate of drug-likeness (QED) is 0.852. The molecule has 4 nitrogen and oxygen atoms in total. The molecule has 22 heavy (non-hydrogen) atoms. The zero-order valence-electron chi connectivity index (χ0n) is 12.5. The van der Waals surface area contributed by atoms with Gasteiger partial charge in [-0.1, -0.05) is 29.3 Å². The molecular formula is C16H19Cl2N3O. The number of hydrogen-bond acceptors (Lipinski definition) is 3. The van der Waals surface area contributed by atoms with Gasteiger partial charge in [0, 0.05) is 31.5 Å². The van der Waals surface area contributed by atoms with Crippen LogP contribution in [0.2, 0.25) is 10.0 Å². The van der Waals surface area contributed by atoms with Crippen molar-refractivity contribution in [1.29, 1.82) is 0 Å². The standard InChI is InChI=1S/C16H19Cl2N3O/c1-12-4-5-19-21(12)7-6-20-8-9-22-16(11-20)13-2-3-14(17)15(18)10-13/h2-5,10,16H,6-9,11H2,1H3. The monoisotopic (exact) mass is 339 g/mol. The molecule has 2 heterocycles. The third-order valence-electron chi connectivity index (χ3n) is 4.02. The van der Waals surface area contributed by atoms with Gasteiger partial charge in [-0.2, -0.15) is 5.10 Å². The van der Waals surface area contributed by atoms with E-state index in [1.807, 2.05) is 35.1 Å². The summed E-state index contributed by atoms with van der Waals surface area (Å²) in [5.74, 6) is 0. The molecule has 1 aromatic heterocycles. The summed E-state index contributed by atoms with van der Waals surface area (Å²) in [5.41, 5.74) is 2.27. The van der Waals surface area contributed by atoms with Crippen molar-refractivity contribution >= 4 is 23.2 Å². The van der Waals surface area contributed by atoms with Gasteiger partial charge >= 0.3 is 0 Å². The molecule has 0 N–H and O–H groups in total. The van der Waals surface area contributed by atoms with Crippen LogP contribution in [0.5, 0.6) is 0 Å². The predicted molar refractivity (Wildman–Crippen MR) is 88.6 cm³/mol. The molecule has 0 radical (unpaired) electrons. The van der Waals surface area contributed by atoms with Gasteiger partial charge in [-0.15, -0.1) is 0 Å². The largest absolute Gasteiger partial charge is 0.371 e. The summed E-state index contributed by atoms with van der Waals surface area (Å²) in [6.07, 6.45) is 1.88. The molecule has 0 saturated carbocycles. The highest BCUT2D eigenvalue weighted by molar-refractivity contribution is 6.42. The Balaban J connectivity index is 1.61. The van der Waals surface area contributed by atoms with Gasteiger partial charge < -0.3 is 4.74 Å². The first-order valence-corrected chi connectivity index (χ1v) is 8.16. The molecule has 1 aliphatic rings. The fourth-order valence-electron chi connectivity index (χ4n) is 2.69. The highest BCUT2D eigenvalue weighted by atomic mass is 35.5. The van der Waals surface area contributed by atoms with Gasteiger partial charge in [0.05, 0.1) is 29.3 Å². The second kappa shape index (κ2) is 7.01. The van der Waals surface area contributed by atoms with E-state index in [0.29, 0.717) is 10.0 Å². The third-order valence-corrected chi connectivity index (χ3v) is 4.76. The number of rotatable bonds is 4. The Hall–Kier alpha value is -1.07. The summed E-state index contributed by atoms with van der Waals surface area (Å²) in [5, 5.41) is 5.48. The van der Waals surface area contributed by atoms with Crippen LogP contribution in [-0.2, 0) is 11.3 Å². The molecule has 1 aliphatic heterocycles. The predicted octanol–water partition coefficient (Wildman–Crippen LogP) is 3.57. The fraction of sp³-hybridized carbons (Fsp3) is 0.438. The van der Waals surface area contributed by atoms with Crippen LogP contribution in [-0.4, -0.2) is 40.9 Å². The van der Waals surface area contributed by atoms with Gasteiger partial charge in [0.1, 0.15) is 0 Å². The van der Waals surface area contributed by atoms with Crippen LogP contribution in [0.25, 0.3) is 0 Å². The van der Waals surface area contributed by atoms with Crippen LogP contribution in [0.1, 0.15) is 17.4 Å². The number of ether oxygens (including phenoxy) is 1. The molecule has 6 heteroatoms. The van der Waals surface area contributed by atoms with E-state index < -0.39 is 0 Å². The smallest absolute Gasteiger partial charge is 0.0952 e. The SMILES string of the molecule is Cc1ccnn1CCN1CCOC(c2ccc(Cl)c(Cl)c2)C1. The highest BCUT2D eigenvalue weighted by Crippen LogP contribution is 2.29. The van der Waals surface area contributed by atoms with Crippen molar-refractivity contribution in [3.8, 4) is 0 Å². The highest BCUT2D eigenvalue weighted by Gasteiger charge is 2.22. The average Bonchev–Trinajstić information content (AvgIpc) is 2.93. The number of benzene rings is 1. The lowest BCUT2D eigenvalue weighted by Crippen LogP contribution is -2.40. The van der Waals surface area contributed by atoms with Crippen molar-refractivity contribution in [3.63, 3.8) is 0 Å². The van der Waals surface area contributed by atoms with Gasteiger partial charge in [0.2, 0.25) is 0 Å². The first-order valence-electron chi connectivity index (χ1n) is 7.41. The number of halogens is 2. The molecule has 1 aromatic carbocycles. The van der Waals surface area contributed by atoms with Gasteiger partial charge in [-0.3, -0.25) is 9.58 Å². The first-order chi connectivity index (χ1) is 10.6. The molecule has 1 fully saturated rings. The number of hydrogen-bond donors (Lipinski definition) is 0. The zero-order chi connectivity index (χ0) is 15.5. The van der Waals surface area contributed by atoms with Crippen molar-refractivity contribution in [2.24, 2.45) is 0 Å². The van der Waals surface area contributed by atoms with Gasteiger partial charge in [-0.05, 0) is 30.7 Å². The summed E-state index contributed by atoms with van der Waals surface area (Å²) in [6.45, 7) is 6.46. The van der Waals surface area contributed by atoms with Gasteiger partial charge in [0.15, 0.2) is 0 Å². The lowest BCUT2D eigenvalue weighted by molar-refractivity contribution is -0.0311. The average molecular weight is 340 g/mol. The van der Waals surface area contributed by atoms with E-state index in [1.165, 1.54) is 5.69 Å². The molecule has 1 saturated heterocycles. The summed E-state index contributed by atoms with van der Waals surface area (Å²) in [7, 11) is 0. The number of aromatic nitrogens is 2. The summed E-state index contributed by atoms with van der Waals surface area (Å²) >= 11 is 12.1. The van der Waals surface area contributed by atoms with E-state index in [9.17, 15) is 0 Å². The first kappa shape index (κ1) is 15.8. The van der Waals surface area contributed by atoms with Crippen LogP contribution < -0.4 is 0 Å². The van der Waals surface area contributed by atoms with Crippen molar-refractivity contribution in [1.82, 2.24) is 14.7 Å². The Bertz CT molecular complexity index is 644. The second-order valence-electron chi connectivity index (χ2n) is 5.53. The van der Waals surface area contributed by atoms with E-state index in [-0.39, 0.29) is 6.10 Å². The number of aryl methyl sites for hydroxylation is 1. The van der Waals surface area contributed by atoms with Crippen molar-refractivity contribution < 1.29 is 4.74 Å².